The third kappa shape index (κ3) is 2.49. The molecule has 0 aromatic carbocycles. The third-order valence-corrected chi connectivity index (χ3v) is 1.75. The number of carboxylic acid groups (broad SMARTS) is 1. The van der Waals surface area contributed by atoms with Gasteiger partial charge in [-0.2, -0.15) is 0 Å². The number of carbonyl (C=O) groups excluding carboxylic acids is 1. The Bertz CT molecular complexity index is 202. The minimum Gasteiger partial charge on any atom is -0.478 e. The summed E-state index contributed by atoms with van der Waals surface area (Å²) < 4.78 is 0. The van der Waals surface area contributed by atoms with Gasteiger partial charge in [0.05, 0.1) is 0 Å². The van der Waals surface area contributed by atoms with E-state index in [0.717, 1.165) is 0 Å². The summed E-state index contributed by atoms with van der Waals surface area (Å²) >= 11 is 0. The van der Waals surface area contributed by atoms with Crippen LogP contribution in [0.25, 0.3) is 0 Å². The zero-order valence-corrected chi connectivity index (χ0v) is 7.68. The molecule has 0 fully saturated rings. The second kappa shape index (κ2) is 4.70. The maximum absolute atomic E-state index is 11.0. The fraction of sp³-hybridized carbons (Fsp3) is 0.556. The average molecular weight is 170 g/mol. The molecule has 0 saturated carbocycles. The fourth-order valence-electron chi connectivity index (χ4n) is 1.17. The number of hydrogen-bond acceptors (Lipinski definition) is 2. The van der Waals surface area contributed by atoms with Gasteiger partial charge in [0.2, 0.25) is 0 Å². The van der Waals surface area contributed by atoms with Crippen LogP contribution < -0.4 is 0 Å². The zero-order chi connectivity index (χ0) is 9.72. The van der Waals surface area contributed by atoms with Crippen molar-refractivity contribution in [1.82, 2.24) is 0 Å². The van der Waals surface area contributed by atoms with Gasteiger partial charge in [-0.05, 0) is 19.8 Å². The molecule has 12 heavy (non-hydrogen) atoms. The molecule has 68 valence electrons. The number of hydrogen-bond donors (Lipinski definition) is 1. The van der Waals surface area contributed by atoms with Gasteiger partial charge >= 0.3 is 5.97 Å². The van der Waals surface area contributed by atoms with E-state index in [1.807, 2.05) is 0 Å². The van der Waals surface area contributed by atoms with Crippen LogP contribution in [-0.4, -0.2) is 16.9 Å². The standard InChI is InChI=1S/C9H14O3/c1-4-7(6(3)10)8(5-2)9(11)12/h4-5H2,1-3H3,(H,11,12). The van der Waals surface area contributed by atoms with Crippen LogP contribution in [-0.2, 0) is 9.59 Å². The minimum atomic E-state index is -0.982. The number of Topliss-reactive ketones (excluding diaryl/α,β-unsaturated/α-hetero) is 1. The SMILES string of the molecule is CCC(C(C)=O)=C(CC)C(=O)O. The molecular formula is C9H14O3. The van der Waals surface area contributed by atoms with Crippen LogP contribution >= 0.6 is 0 Å². The van der Waals surface area contributed by atoms with Crippen molar-refractivity contribution in [2.24, 2.45) is 0 Å². The van der Waals surface area contributed by atoms with Gasteiger partial charge in [-0.3, -0.25) is 4.79 Å². The smallest absolute Gasteiger partial charge is 0.331 e. The lowest BCUT2D eigenvalue weighted by molar-refractivity contribution is -0.133. The monoisotopic (exact) mass is 170 g/mol. The second-order valence-corrected chi connectivity index (χ2v) is 2.53. The van der Waals surface area contributed by atoms with E-state index in [4.69, 9.17) is 5.11 Å². The summed E-state index contributed by atoms with van der Waals surface area (Å²) in [5.74, 6) is -1.12. The third-order valence-electron chi connectivity index (χ3n) is 1.75. The molecule has 0 unspecified atom stereocenters. The molecule has 0 rings (SSSR count). The van der Waals surface area contributed by atoms with Crippen LogP contribution in [0.15, 0.2) is 11.1 Å². The summed E-state index contributed by atoms with van der Waals surface area (Å²) in [6, 6.07) is 0. The quantitative estimate of drug-likeness (QED) is 0.654. The first-order valence-electron chi connectivity index (χ1n) is 4.00. The van der Waals surface area contributed by atoms with Gasteiger partial charge in [-0.25, -0.2) is 4.79 Å². The highest BCUT2D eigenvalue weighted by molar-refractivity contribution is 6.01. The lowest BCUT2D eigenvalue weighted by atomic mass is 10.0. The van der Waals surface area contributed by atoms with E-state index in [1.165, 1.54) is 6.92 Å². The van der Waals surface area contributed by atoms with Gasteiger partial charge in [0, 0.05) is 11.1 Å². The van der Waals surface area contributed by atoms with Crippen LogP contribution in [0.4, 0.5) is 0 Å². The molecule has 0 heterocycles. The Hall–Kier alpha value is -1.12. The Balaban J connectivity index is 5.01. The van der Waals surface area contributed by atoms with Crippen LogP contribution in [0, 0.1) is 0 Å². The minimum absolute atomic E-state index is 0.142. The van der Waals surface area contributed by atoms with E-state index in [-0.39, 0.29) is 11.4 Å². The van der Waals surface area contributed by atoms with Crippen LogP contribution in [0.3, 0.4) is 0 Å². The van der Waals surface area contributed by atoms with E-state index < -0.39 is 5.97 Å². The first-order valence-corrected chi connectivity index (χ1v) is 4.00. The van der Waals surface area contributed by atoms with Crippen molar-refractivity contribution in [1.29, 1.82) is 0 Å². The highest BCUT2D eigenvalue weighted by Crippen LogP contribution is 2.13. The van der Waals surface area contributed by atoms with Crippen molar-refractivity contribution >= 4 is 11.8 Å². The number of carboxylic acids is 1. The van der Waals surface area contributed by atoms with Crippen molar-refractivity contribution in [3.8, 4) is 0 Å². The predicted molar refractivity (Wildman–Crippen MR) is 45.9 cm³/mol. The fourth-order valence-corrected chi connectivity index (χ4v) is 1.17. The van der Waals surface area contributed by atoms with Crippen molar-refractivity contribution < 1.29 is 14.7 Å². The molecular weight excluding hydrogens is 156 g/mol. The zero-order valence-electron chi connectivity index (χ0n) is 7.68. The number of aliphatic carboxylic acids is 1. The molecule has 0 spiro atoms. The Morgan fingerprint density at radius 3 is 1.58 bits per heavy atom. The Morgan fingerprint density at radius 2 is 1.50 bits per heavy atom. The van der Waals surface area contributed by atoms with Crippen molar-refractivity contribution in [2.75, 3.05) is 0 Å². The lowest BCUT2D eigenvalue weighted by Crippen LogP contribution is -2.08. The summed E-state index contributed by atoms with van der Waals surface area (Å²) in [7, 11) is 0. The molecule has 1 N–H and O–H groups in total. The summed E-state index contributed by atoms with van der Waals surface area (Å²) in [6.45, 7) is 4.93. The van der Waals surface area contributed by atoms with E-state index >= 15 is 0 Å². The lowest BCUT2D eigenvalue weighted by Gasteiger charge is -2.04. The van der Waals surface area contributed by atoms with Gasteiger partial charge in [0.25, 0.3) is 0 Å². The van der Waals surface area contributed by atoms with Gasteiger partial charge in [0.15, 0.2) is 5.78 Å². The van der Waals surface area contributed by atoms with E-state index in [2.05, 4.69) is 0 Å². The number of allylic oxidation sites excluding steroid dienone is 1. The summed E-state index contributed by atoms with van der Waals surface area (Å²) in [6.07, 6.45) is 0.892. The Morgan fingerprint density at radius 1 is 1.08 bits per heavy atom. The second-order valence-electron chi connectivity index (χ2n) is 2.53. The Kier molecular flexibility index (Phi) is 4.26. The molecule has 0 atom stereocenters. The van der Waals surface area contributed by atoms with E-state index in [9.17, 15) is 9.59 Å². The predicted octanol–water partition coefficient (Wildman–Crippen LogP) is 1.78. The van der Waals surface area contributed by atoms with Gasteiger partial charge < -0.3 is 5.11 Å². The first-order chi connectivity index (χ1) is 5.54. The Labute approximate surface area is 72.1 Å². The van der Waals surface area contributed by atoms with Crippen molar-refractivity contribution in [3.63, 3.8) is 0 Å². The largest absolute Gasteiger partial charge is 0.478 e. The summed E-state index contributed by atoms with van der Waals surface area (Å²) in [5.41, 5.74) is 0.676. The number of carbonyl (C=O) groups is 2. The summed E-state index contributed by atoms with van der Waals surface area (Å²) in [4.78, 5) is 21.6. The molecule has 0 amide bonds. The average Bonchev–Trinajstić information content (AvgIpc) is 1.98. The van der Waals surface area contributed by atoms with E-state index in [1.54, 1.807) is 13.8 Å². The van der Waals surface area contributed by atoms with Crippen LogP contribution in [0.1, 0.15) is 33.6 Å². The first kappa shape index (κ1) is 10.9. The van der Waals surface area contributed by atoms with E-state index in [0.29, 0.717) is 18.4 Å². The molecule has 0 aliphatic carbocycles. The molecule has 0 aliphatic rings. The summed E-state index contributed by atoms with van der Waals surface area (Å²) in [5, 5.41) is 8.71. The van der Waals surface area contributed by atoms with Crippen LogP contribution in [0.2, 0.25) is 0 Å². The maximum atomic E-state index is 11.0. The van der Waals surface area contributed by atoms with Crippen molar-refractivity contribution in [2.45, 2.75) is 33.6 Å². The highest BCUT2D eigenvalue weighted by atomic mass is 16.4. The van der Waals surface area contributed by atoms with Gasteiger partial charge in [-0.15, -0.1) is 0 Å². The molecule has 0 aromatic heterocycles. The van der Waals surface area contributed by atoms with Crippen LogP contribution in [0.5, 0.6) is 0 Å². The number of rotatable bonds is 4. The molecule has 0 aliphatic heterocycles. The molecule has 3 heteroatoms. The van der Waals surface area contributed by atoms with Crippen molar-refractivity contribution in [3.05, 3.63) is 11.1 Å². The molecule has 3 nitrogen and oxygen atoms in total. The molecule has 0 saturated heterocycles. The van der Waals surface area contributed by atoms with Gasteiger partial charge in [0.1, 0.15) is 0 Å². The van der Waals surface area contributed by atoms with Gasteiger partial charge in [-0.1, -0.05) is 13.8 Å². The highest BCUT2D eigenvalue weighted by Gasteiger charge is 2.13. The molecule has 0 aromatic rings. The molecule has 0 bridgehead atoms. The molecule has 0 radical (unpaired) electrons. The topological polar surface area (TPSA) is 54.4 Å². The maximum Gasteiger partial charge on any atom is 0.331 e. The number of ketones is 1. The normalized spacial score (nSPS) is 12.2.